The van der Waals surface area contributed by atoms with Crippen molar-refractivity contribution in [1.82, 2.24) is 10.2 Å². The van der Waals surface area contributed by atoms with Crippen molar-refractivity contribution in [3.05, 3.63) is 64.7 Å². The Hall–Kier alpha value is -2.66. The van der Waals surface area contributed by atoms with Crippen molar-refractivity contribution >= 4 is 17.5 Å². The molecule has 0 saturated carbocycles. The molecule has 0 aliphatic rings. The standard InChI is InChI=1S/C20H25N3O2/c1-14-8-9-17(12-15(14)2)20(25)22-18-7-5-6-16(13-18)19(24)21-10-11-23(3)4/h5-9,12-13H,10-11H2,1-4H3,(H,21,24)(H,22,25). The van der Waals surface area contributed by atoms with Crippen molar-refractivity contribution in [3.8, 4) is 0 Å². The molecule has 0 radical (unpaired) electrons. The number of amides is 2. The SMILES string of the molecule is Cc1ccc(C(=O)Nc2cccc(C(=O)NCCN(C)C)c2)cc1C. The highest BCUT2D eigenvalue weighted by Crippen LogP contribution is 2.14. The molecule has 0 unspecified atom stereocenters. The lowest BCUT2D eigenvalue weighted by Crippen LogP contribution is -2.31. The Morgan fingerprint density at radius 1 is 0.920 bits per heavy atom. The van der Waals surface area contributed by atoms with Crippen LogP contribution < -0.4 is 10.6 Å². The smallest absolute Gasteiger partial charge is 0.255 e. The number of nitrogens with one attached hydrogen (secondary N) is 2. The second-order valence-corrected chi connectivity index (χ2v) is 6.39. The highest BCUT2D eigenvalue weighted by atomic mass is 16.2. The second-order valence-electron chi connectivity index (χ2n) is 6.39. The molecule has 25 heavy (non-hydrogen) atoms. The maximum absolute atomic E-state index is 12.4. The average molecular weight is 339 g/mol. The van der Waals surface area contributed by atoms with Gasteiger partial charge in [0.15, 0.2) is 0 Å². The normalized spacial score (nSPS) is 10.6. The number of carbonyl (C=O) groups is 2. The van der Waals surface area contributed by atoms with Crippen molar-refractivity contribution < 1.29 is 9.59 Å². The van der Waals surface area contributed by atoms with Crippen LogP contribution in [0.25, 0.3) is 0 Å². The number of benzene rings is 2. The minimum atomic E-state index is -0.187. The largest absolute Gasteiger partial charge is 0.351 e. The van der Waals surface area contributed by atoms with Gasteiger partial charge >= 0.3 is 0 Å². The number of nitrogens with zero attached hydrogens (tertiary/aromatic N) is 1. The third kappa shape index (κ3) is 5.43. The summed E-state index contributed by atoms with van der Waals surface area (Å²) >= 11 is 0. The summed E-state index contributed by atoms with van der Waals surface area (Å²) in [5.41, 5.74) is 3.94. The third-order valence-electron chi connectivity index (χ3n) is 4.00. The number of hydrogen-bond acceptors (Lipinski definition) is 3. The Balaban J connectivity index is 2.04. The minimum absolute atomic E-state index is 0.149. The summed E-state index contributed by atoms with van der Waals surface area (Å²) in [5, 5.41) is 5.71. The van der Waals surface area contributed by atoms with Crippen LogP contribution in [0.15, 0.2) is 42.5 Å². The van der Waals surface area contributed by atoms with Gasteiger partial charge in [-0.1, -0.05) is 12.1 Å². The molecule has 0 saturated heterocycles. The monoisotopic (exact) mass is 339 g/mol. The molecule has 2 aromatic carbocycles. The van der Waals surface area contributed by atoms with Crippen molar-refractivity contribution in [3.63, 3.8) is 0 Å². The topological polar surface area (TPSA) is 61.4 Å². The van der Waals surface area contributed by atoms with Crippen molar-refractivity contribution in [2.45, 2.75) is 13.8 Å². The van der Waals surface area contributed by atoms with Crippen LogP contribution >= 0.6 is 0 Å². The summed E-state index contributed by atoms with van der Waals surface area (Å²) in [6.07, 6.45) is 0. The third-order valence-corrected chi connectivity index (χ3v) is 4.00. The molecule has 0 aromatic heterocycles. The molecule has 0 atom stereocenters. The number of rotatable bonds is 6. The van der Waals surface area contributed by atoms with E-state index in [2.05, 4.69) is 10.6 Å². The number of aryl methyl sites for hydroxylation is 2. The lowest BCUT2D eigenvalue weighted by molar-refractivity contribution is 0.0949. The first kappa shape index (κ1) is 18.7. The van der Waals surface area contributed by atoms with E-state index < -0.39 is 0 Å². The molecule has 2 rings (SSSR count). The second kappa shape index (κ2) is 8.44. The van der Waals surface area contributed by atoms with Crippen LogP contribution in [-0.2, 0) is 0 Å². The van der Waals surface area contributed by atoms with E-state index >= 15 is 0 Å². The zero-order valence-electron chi connectivity index (χ0n) is 15.2. The van der Waals surface area contributed by atoms with Crippen LogP contribution in [0.1, 0.15) is 31.8 Å². The maximum Gasteiger partial charge on any atom is 0.255 e. The fourth-order valence-electron chi connectivity index (χ4n) is 2.32. The number of carbonyl (C=O) groups excluding carboxylic acids is 2. The average Bonchev–Trinajstić information content (AvgIpc) is 2.57. The highest BCUT2D eigenvalue weighted by Gasteiger charge is 2.10. The molecule has 0 fully saturated rings. The summed E-state index contributed by atoms with van der Waals surface area (Å²) in [4.78, 5) is 26.6. The first-order valence-electron chi connectivity index (χ1n) is 8.28. The van der Waals surface area contributed by atoms with Gasteiger partial charge in [-0.05, 0) is 69.4 Å². The van der Waals surface area contributed by atoms with Gasteiger partial charge in [0.25, 0.3) is 11.8 Å². The maximum atomic E-state index is 12.4. The lowest BCUT2D eigenvalue weighted by atomic mass is 10.1. The number of likely N-dealkylation sites (N-methyl/N-ethyl adjacent to an activating group) is 1. The van der Waals surface area contributed by atoms with Crippen LogP contribution in [0.4, 0.5) is 5.69 Å². The Labute approximate surface area is 149 Å². The van der Waals surface area contributed by atoms with E-state index in [1.165, 1.54) is 0 Å². The van der Waals surface area contributed by atoms with E-state index in [1.54, 1.807) is 30.3 Å². The zero-order valence-corrected chi connectivity index (χ0v) is 15.2. The molecule has 0 bridgehead atoms. The molecule has 0 spiro atoms. The Morgan fingerprint density at radius 3 is 2.32 bits per heavy atom. The van der Waals surface area contributed by atoms with Crippen LogP contribution in [0.5, 0.6) is 0 Å². The summed E-state index contributed by atoms with van der Waals surface area (Å²) in [7, 11) is 3.91. The molecular formula is C20H25N3O2. The first-order chi connectivity index (χ1) is 11.9. The van der Waals surface area contributed by atoms with Gasteiger partial charge in [-0.2, -0.15) is 0 Å². The van der Waals surface area contributed by atoms with Crippen LogP contribution in [0.2, 0.25) is 0 Å². The quantitative estimate of drug-likeness (QED) is 0.851. The molecule has 2 N–H and O–H groups in total. The number of anilines is 1. The summed E-state index contributed by atoms with van der Waals surface area (Å²) in [6.45, 7) is 5.33. The summed E-state index contributed by atoms with van der Waals surface area (Å²) in [6, 6.07) is 12.5. The molecule has 0 aliphatic heterocycles. The highest BCUT2D eigenvalue weighted by molar-refractivity contribution is 6.05. The van der Waals surface area contributed by atoms with E-state index in [-0.39, 0.29) is 11.8 Å². The van der Waals surface area contributed by atoms with Crippen molar-refractivity contribution in [2.75, 3.05) is 32.5 Å². The van der Waals surface area contributed by atoms with Crippen molar-refractivity contribution in [1.29, 1.82) is 0 Å². The fourth-order valence-corrected chi connectivity index (χ4v) is 2.32. The fraction of sp³-hybridized carbons (Fsp3) is 0.300. The summed E-state index contributed by atoms with van der Waals surface area (Å²) in [5.74, 6) is -0.336. The lowest BCUT2D eigenvalue weighted by Gasteiger charge is -2.11. The van der Waals surface area contributed by atoms with Crippen LogP contribution in [0, 0.1) is 13.8 Å². The van der Waals surface area contributed by atoms with E-state index in [0.717, 1.165) is 17.7 Å². The molecule has 2 amide bonds. The predicted octanol–water partition coefficient (Wildman–Crippen LogP) is 2.85. The Bertz CT molecular complexity index is 769. The predicted molar refractivity (Wildman–Crippen MR) is 101 cm³/mol. The van der Waals surface area contributed by atoms with E-state index in [4.69, 9.17) is 0 Å². The van der Waals surface area contributed by atoms with Gasteiger partial charge < -0.3 is 15.5 Å². The Morgan fingerprint density at radius 2 is 1.64 bits per heavy atom. The summed E-state index contributed by atoms with van der Waals surface area (Å²) < 4.78 is 0. The minimum Gasteiger partial charge on any atom is -0.351 e. The molecule has 5 heteroatoms. The van der Waals surface area contributed by atoms with Gasteiger partial charge in [-0.15, -0.1) is 0 Å². The molecule has 5 nitrogen and oxygen atoms in total. The van der Waals surface area contributed by atoms with Gasteiger partial charge in [-0.25, -0.2) is 0 Å². The van der Waals surface area contributed by atoms with Gasteiger partial charge in [-0.3, -0.25) is 9.59 Å². The molecule has 2 aromatic rings. The van der Waals surface area contributed by atoms with Crippen LogP contribution in [-0.4, -0.2) is 43.9 Å². The van der Waals surface area contributed by atoms with E-state index in [0.29, 0.717) is 23.4 Å². The zero-order chi connectivity index (χ0) is 18.4. The van der Waals surface area contributed by atoms with Gasteiger partial charge in [0, 0.05) is 29.9 Å². The van der Waals surface area contributed by atoms with Gasteiger partial charge in [0.1, 0.15) is 0 Å². The van der Waals surface area contributed by atoms with Gasteiger partial charge in [0.05, 0.1) is 0 Å². The molecule has 0 aliphatic carbocycles. The van der Waals surface area contributed by atoms with E-state index in [9.17, 15) is 9.59 Å². The van der Waals surface area contributed by atoms with E-state index in [1.807, 2.05) is 45.0 Å². The Kier molecular flexibility index (Phi) is 6.31. The van der Waals surface area contributed by atoms with Gasteiger partial charge in [0.2, 0.25) is 0 Å². The van der Waals surface area contributed by atoms with Crippen molar-refractivity contribution in [2.24, 2.45) is 0 Å². The molecule has 0 heterocycles. The molecular weight excluding hydrogens is 314 g/mol. The first-order valence-corrected chi connectivity index (χ1v) is 8.28. The van der Waals surface area contributed by atoms with Crippen LogP contribution in [0.3, 0.4) is 0 Å². The number of hydrogen-bond donors (Lipinski definition) is 2. The molecule has 132 valence electrons.